The third kappa shape index (κ3) is 2.64. The van der Waals surface area contributed by atoms with E-state index in [0.717, 1.165) is 0 Å². The van der Waals surface area contributed by atoms with Crippen molar-refractivity contribution in [1.29, 1.82) is 0 Å². The topological polar surface area (TPSA) is 37.3 Å². The smallest absolute Gasteiger partial charge is 0.311 e. The van der Waals surface area contributed by atoms with Gasteiger partial charge in [0.2, 0.25) is 0 Å². The van der Waals surface area contributed by atoms with Gasteiger partial charge in [-0.1, -0.05) is 49.2 Å². The highest BCUT2D eigenvalue weighted by Crippen LogP contribution is 2.34. The summed E-state index contributed by atoms with van der Waals surface area (Å²) in [5.41, 5.74) is 0.576. The Bertz CT molecular complexity index is 375. The number of benzene rings is 1. The average Bonchev–Trinajstić information content (AvgIpc) is 2.11. The van der Waals surface area contributed by atoms with Gasteiger partial charge in [0, 0.05) is 0 Å². The van der Waals surface area contributed by atoms with E-state index in [0.29, 0.717) is 15.6 Å². The minimum absolute atomic E-state index is 0.0292. The number of hydrogen-bond acceptors (Lipinski definition) is 1. The van der Waals surface area contributed by atoms with Gasteiger partial charge in [0.1, 0.15) is 0 Å². The van der Waals surface area contributed by atoms with Gasteiger partial charge in [0.05, 0.1) is 16.0 Å². The van der Waals surface area contributed by atoms with Crippen molar-refractivity contribution in [1.82, 2.24) is 0 Å². The third-order valence-corrected chi connectivity index (χ3v) is 3.08. The van der Waals surface area contributed by atoms with Crippen molar-refractivity contribution in [2.75, 3.05) is 0 Å². The zero-order valence-corrected chi connectivity index (χ0v) is 10.0. The molecule has 0 radical (unpaired) electrons. The van der Waals surface area contributed by atoms with E-state index >= 15 is 0 Å². The zero-order valence-electron chi connectivity index (χ0n) is 8.50. The minimum Gasteiger partial charge on any atom is -0.481 e. The first-order valence-corrected chi connectivity index (χ1v) is 5.37. The van der Waals surface area contributed by atoms with E-state index in [1.807, 2.05) is 13.8 Å². The highest BCUT2D eigenvalue weighted by atomic mass is 35.5. The van der Waals surface area contributed by atoms with Crippen LogP contribution in [0.25, 0.3) is 0 Å². The van der Waals surface area contributed by atoms with Crippen LogP contribution in [0.1, 0.15) is 25.3 Å². The van der Waals surface area contributed by atoms with Crippen LogP contribution in [0.5, 0.6) is 0 Å². The highest BCUT2D eigenvalue weighted by molar-refractivity contribution is 6.42. The Balaban J connectivity index is 3.23. The summed E-state index contributed by atoms with van der Waals surface area (Å²) in [7, 11) is 0. The third-order valence-electron chi connectivity index (χ3n) is 2.25. The quantitative estimate of drug-likeness (QED) is 0.881. The number of halogens is 2. The summed E-state index contributed by atoms with van der Waals surface area (Å²) in [4.78, 5) is 11.1. The summed E-state index contributed by atoms with van der Waals surface area (Å²) in [5.74, 6) is -1.52. The molecule has 0 aliphatic heterocycles. The molecule has 0 bridgehead atoms. The van der Waals surface area contributed by atoms with Crippen LogP contribution in [0, 0.1) is 5.92 Å². The first kappa shape index (κ1) is 12.3. The standard InChI is InChI=1S/C11H12Cl2O2/c1-6(2)9(11(14)15)7-4-3-5-8(12)10(7)13/h3-6,9H,1-2H3,(H,14,15). The molecule has 1 rings (SSSR count). The van der Waals surface area contributed by atoms with Crippen molar-refractivity contribution in [2.45, 2.75) is 19.8 Å². The number of aliphatic carboxylic acids is 1. The van der Waals surface area contributed by atoms with Crippen molar-refractivity contribution in [2.24, 2.45) is 5.92 Å². The maximum absolute atomic E-state index is 11.1. The van der Waals surface area contributed by atoms with E-state index in [1.54, 1.807) is 18.2 Å². The second-order valence-corrected chi connectivity index (χ2v) is 4.49. The Morgan fingerprint density at radius 1 is 1.33 bits per heavy atom. The van der Waals surface area contributed by atoms with Crippen LogP contribution in [-0.2, 0) is 4.79 Å². The Labute approximate surface area is 98.8 Å². The van der Waals surface area contributed by atoms with E-state index in [4.69, 9.17) is 28.3 Å². The maximum Gasteiger partial charge on any atom is 0.311 e. The number of hydrogen-bond donors (Lipinski definition) is 1. The van der Waals surface area contributed by atoms with Crippen molar-refractivity contribution in [3.05, 3.63) is 33.8 Å². The molecular weight excluding hydrogens is 235 g/mol. The fraction of sp³-hybridized carbons (Fsp3) is 0.364. The zero-order chi connectivity index (χ0) is 11.6. The van der Waals surface area contributed by atoms with E-state index in [9.17, 15) is 4.79 Å². The molecular formula is C11H12Cl2O2. The predicted octanol–water partition coefficient (Wildman–Crippen LogP) is 3.82. The number of carbonyl (C=O) groups is 1. The van der Waals surface area contributed by atoms with Gasteiger partial charge in [0.15, 0.2) is 0 Å². The number of carboxylic acids is 1. The molecule has 1 atom stereocenters. The molecule has 0 amide bonds. The van der Waals surface area contributed by atoms with Crippen molar-refractivity contribution >= 4 is 29.2 Å². The fourth-order valence-electron chi connectivity index (χ4n) is 1.54. The van der Waals surface area contributed by atoms with Gasteiger partial charge >= 0.3 is 5.97 Å². The molecule has 0 aromatic heterocycles. The maximum atomic E-state index is 11.1. The first-order chi connectivity index (χ1) is 6.95. The van der Waals surface area contributed by atoms with E-state index in [1.165, 1.54) is 0 Å². The van der Waals surface area contributed by atoms with Crippen LogP contribution < -0.4 is 0 Å². The summed E-state index contributed by atoms with van der Waals surface area (Å²) < 4.78 is 0. The van der Waals surface area contributed by atoms with Crippen molar-refractivity contribution in [3.63, 3.8) is 0 Å². The van der Waals surface area contributed by atoms with E-state index < -0.39 is 11.9 Å². The molecule has 0 aliphatic rings. The normalized spacial score (nSPS) is 12.9. The number of carboxylic acid groups (broad SMARTS) is 1. The SMILES string of the molecule is CC(C)C(C(=O)O)c1cccc(Cl)c1Cl. The molecule has 1 aromatic rings. The van der Waals surface area contributed by atoms with Crippen LogP contribution in [0.3, 0.4) is 0 Å². The molecule has 0 saturated carbocycles. The van der Waals surface area contributed by atoms with Crippen molar-refractivity contribution < 1.29 is 9.90 Å². The predicted molar refractivity (Wildman–Crippen MR) is 61.7 cm³/mol. The average molecular weight is 247 g/mol. The van der Waals surface area contributed by atoms with Gasteiger partial charge in [-0.2, -0.15) is 0 Å². The Morgan fingerprint density at radius 3 is 2.40 bits per heavy atom. The summed E-state index contributed by atoms with van der Waals surface area (Å²) in [6.45, 7) is 3.69. The lowest BCUT2D eigenvalue weighted by Crippen LogP contribution is -2.17. The second-order valence-electron chi connectivity index (χ2n) is 3.70. The van der Waals surface area contributed by atoms with Gasteiger partial charge in [-0.05, 0) is 17.5 Å². The molecule has 0 aliphatic carbocycles. The van der Waals surface area contributed by atoms with Gasteiger partial charge in [-0.25, -0.2) is 0 Å². The molecule has 0 saturated heterocycles. The Kier molecular flexibility index (Phi) is 4.00. The monoisotopic (exact) mass is 246 g/mol. The van der Waals surface area contributed by atoms with Crippen LogP contribution >= 0.6 is 23.2 Å². The summed E-state index contributed by atoms with van der Waals surface area (Å²) >= 11 is 11.8. The summed E-state index contributed by atoms with van der Waals surface area (Å²) in [6.07, 6.45) is 0. The Morgan fingerprint density at radius 2 is 1.93 bits per heavy atom. The van der Waals surface area contributed by atoms with Gasteiger partial charge in [-0.15, -0.1) is 0 Å². The molecule has 0 fully saturated rings. The molecule has 15 heavy (non-hydrogen) atoms. The highest BCUT2D eigenvalue weighted by Gasteiger charge is 2.26. The molecule has 82 valence electrons. The lowest BCUT2D eigenvalue weighted by molar-refractivity contribution is -0.139. The number of rotatable bonds is 3. The van der Waals surface area contributed by atoms with Gasteiger partial charge in [-0.3, -0.25) is 4.79 Å². The van der Waals surface area contributed by atoms with Gasteiger partial charge < -0.3 is 5.11 Å². The van der Waals surface area contributed by atoms with Crippen LogP contribution in [0.2, 0.25) is 10.0 Å². The van der Waals surface area contributed by atoms with Crippen LogP contribution in [0.4, 0.5) is 0 Å². The van der Waals surface area contributed by atoms with Crippen molar-refractivity contribution in [3.8, 4) is 0 Å². The van der Waals surface area contributed by atoms with Gasteiger partial charge in [0.25, 0.3) is 0 Å². The second kappa shape index (κ2) is 4.86. The molecule has 1 N–H and O–H groups in total. The minimum atomic E-state index is -0.880. The molecule has 2 nitrogen and oxygen atoms in total. The summed E-state index contributed by atoms with van der Waals surface area (Å²) in [6, 6.07) is 5.06. The Hall–Kier alpha value is -0.730. The van der Waals surface area contributed by atoms with Crippen LogP contribution in [0.15, 0.2) is 18.2 Å². The lowest BCUT2D eigenvalue weighted by Gasteiger charge is -2.18. The molecule has 4 heteroatoms. The molecule has 1 unspecified atom stereocenters. The fourth-order valence-corrected chi connectivity index (χ4v) is 1.96. The summed E-state index contributed by atoms with van der Waals surface area (Å²) in [5, 5.41) is 9.83. The van der Waals surface area contributed by atoms with E-state index in [-0.39, 0.29) is 5.92 Å². The molecule has 0 heterocycles. The van der Waals surface area contributed by atoms with E-state index in [2.05, 4.69) is 0 Å². The molecule has 1 aromatic carbocycles. The first-order valence-electron chi connectivity index (χ1n) is 4.62. The molecule has 0 spiro atoms. The largest absolute Gasteiger partial charge is 0.481 e. The van der Waals surface area contributed by atoms with Crippen LogP contribution in [-0.4, -0.2) is 11.1 Å². The lowest BCUT2D eigenvalue weighted by atomic mass is 9.88.